The highest BCUT2D eigenvalue weighted by molar-refractivity contribution is 5.68. The second-order valence-electron chi connectivity index (χ2n) is 4.84. The molecule has 2 aromatic heterocycles. The molecule has 0 aliphatic heterocycles. The summed E-state index contributed by atoms with van der Waals surface area (Å²) in [7, 11) is 3.35. The molecule has 0 bridgehead atoms. The lowest BCUT2D eigenvalue weighted by Gasteiger charge is -2.15. The Bertz CT molecular complexity index is 673. The molecule has 9 nitrogen and oxygen atoms in total. The van der Waals surface area contributed by atoms with Crippen LogP contribution in [0.3, 0.4) is 0 Å². The van der Waals surface area contributed by atoms with E-state index < -0.39 is 11.8 Å². The average Bonchev–Trinajstić information content (AvgIpc) is 2.88. The highest BCUT2D eigenvalue weighted by atomic mass is 19.1. The van der Waals surface area contributed by atoms with Crippen molar-refractivity contribution in [1.29, 1.82) is 0 Å². The maximum atomic E-state index is 13.5. The number of anilines is 2. The number of hydrogen-bond acceptors (Lipinski definition) is 7. The molecule has 0 amide bonds. The van der Waals surface area contributed by atoms with E-state index in [0.717, 1.165) is 6.20 Å². The number of nitrogens with one attached hydrogen (secondary N) is 2. The van der Waals surface area contributed by atoms with Gasteiger partial charge in [-0.15, -0.1) is 0 Å². The Labute approximate surface area is 125 Å². The Hall–Kier alpha value is -2.78. The molecule has 0 saturated carbocycles. The summed E-state index contributed by atoms with van der Waals surface area (Å²) < 4.78 is 13.5. The quantitative estimate of drug-likeness (QED) is 0.709. The van der Waals surface area contributed by atoms with Gasteiger partial charge in [0, 0.05) is 14.1 Å². The summed E-state index contributed by atoms with van der Waals surface area (Å²) in [6, 6.07) is -0.376. The molecule has 118 valence electrons. The first-order chi connectivity index (χ1) is 10.4. The van der Waals surface area contributed by atoms with E-state index in [-0.39, 0.29) is 30.1 Å². The molecule has 10 heteroatoms. The van der Waals surface area contributed by atoms with E-state index in [1.165, 1.54) is 4.90 Å². The van der Waals surface area contributed by atoms with Crippen LogP contribution in [0.4, 0.5) is 16.2 Å². The van der Waals surface area contributed by atoms with Crippen molar-refractivity contribution in [2.75, 3.05) is 24.3 Å². The van der Waals surface area contributed by atoms with E-state index >= 15 is 0 Å². The van der Waals surface area contributed by atoms with Crippen molar-refractivity contribution in [2.45, 2.75) is 19.4 Å². The summed E-state index contributed by atoms with van der Waals surface area (Å²) in [5.74, 6) is -0.514. The van der Waals surface area contributed by atoms with Gasteiger partial charge < -0.3 is 15.3 Å². The SMILES string of the molecule is CC(Nc1ncc(F)c(N(C)C)n1)c1n[nH]c(CC(=O)O)n1. The normalized spacial score (nSPS) is 12.0. The van der Waals surface area contributed by atoms with Gasteiger partial charge in [-0.1, -0.05) is 0 Å². The predicted molar refractivity (Wildman–Crippen MR) is 76.1 cm³/mol. The van der Waals surface area contributed by atoms with Crippen molar-refractivity contribution in [3.05, 3.63) is 23.7 Å². The fraction of sp³-hybridized carbons (Fsp3) is 0.417. The van der Waals surface area contributed by atoms with Gasteiger partial charge >= 0.3 is 5.97 Å². The largest absolute Gasteiger partial charge is 0.481 e. The van der Waals surface area contributed by atoms with Crippen LogP contribution < -0.4 is 10.2 Å². The van der Waals surface area contributed by atoms with Crippen LogP contribution in [0.2, 0.25) is 0 Å². The monoisotopic (exact) mass is 309 g/mol. The average molecular weight is 309 g/mol. The molecule has 0 aliphatic carbocycles. The van der Waals surface area contributed by atoms with E-state index in [4.69, 9.17) is 5.11 Å². The maximum Gasteiger partial charge on any atom is 0.311 e. The molecule has 0 saturated heterocycles. The predicted octanol–water partition coefficient (Wildman–Crippen LogP) is 0.600. The molecule has 1 unspecified atom stereocenters. The topological polar surface area (TPSA) is 120 Å². The lowest BCUT2D eigenvalue weighted by Crippen LogP contribution is -2.16. The van der Waals surface area contributed by atoms with Gasteiger partial charge in [0.05, 0.1) is 12.2 Å². The summed E-state index contributed by atoms with van der Waals surface area (Å²) in [5.41, 5.74) is 0. The van der Waals surface area contributed by atoms with Crippen LogP contribution in [0.25, 0.3) is 0 Å². The zero-order valence-corrected chi connectivity index (χ0v) is 12.3. The summed E-state index contributed by atoms with van der Waals surface area (Å²) in [6.45, 7) is 1.76. The Balaban J connectivity index is 2.11. The van der Waals surface area contributed by atoms with Gasteiger partial charge in [-0.05, 0) is 6.92 Å². The third-order valence-electron chi connectivity index (χ3n) is 2.75. The minimum absolute atomic E-state index is 0.159. The third kappa shape index (κ3) is 3.65. The minimum atomic E-state index is -0.999. The molecule has 2 aromatic rings. The number of nitrogens with zero attached hydrogens (tertiary/aromatic N) is 5. The zero-order valence-electron chi connectivity index (χ0n) is 12.3. The zero-order chi connectivity index (χ0) is 16.3. The number of rotatable bonds is 6. The van der Waals surface area contributed by atoms with Crippen LogP contribution >= 0.6 is 0 Å². The molecule has 0 aromatic carbocycles. The number of carboxylic acids is 1. The summed E-state index contributed by atoms with van der Waals surface area (Å²) in [4.78, 5) is 24.1. The number of aromatic nitrogens is 5. The number of aromatic amines is 1. The number of aliphatic carboxylic acids is 1. The Morgan fingerprint density at radius 2 is 2.23 bits per heavy atom. The summed E-state index contributed by atoms with van der Waals surface area (Å²) in [6.07, 6.45) is 0.836. The highest BCUT2D eigenvalue weighted by Crippen LogP contribution is 2.18. The van der Waals surface area contributed by atoms with Gasteiger partial charge in [0.15, 0.2) is 17.5 Å². The molecule has 2 heterocycles. The molecule has 0 radical (unpaired) electrons. The van der Waals surface area contributed by atoms with Crippen LogP contribution in [0, 0.1) is 5.82 Å². The van der Waals surface area contributed by atoms with Gasteiger partial charge in [0.1, 0.15) is 12.2 Å². The molecular weight excluding hydrogens is 293 g/mol. The maximum absolute atomic E-state index is 13.5. The van der Waals surface area contributed by atoms with E-state index in [0.29, 0.717) is 5.82 Å². The molecule has 3 N–H and O–H groups in total. The minimum Gasteiger partial charge on any atom is -0.481 e. The molecule has 0 aliphatic rings. The molecule has 0 spiro atoms. The van der Waals surface area contributed by atoms with Crippen LogP contribution in [0.1, 0.15) is 24.6 Å². The number of carbonyl (C=O) groups is 1. The van der Waals surface area contributed by atoms with Gasteiger partial charge in [-0.3, -0.25) is 9.89 Å². The number of carboxylic acid groups (broad SMARTS) is 1. The van der Waals surface area contributed by atoms with Crippen LogP contribution in [-0.2, 0) is 11.2 Å². The standard InChI is InChI=1S/C12H16FN7O2/c1-6(10-16-8(18-19-10)4-9(21)22)15-12-14-5-7(13)11(17-12)20(2)3/h5-6H,4H2,1-3H3,(H,21,22)(H,14,15,17)(H,16,18,19). The van der Waals surface area contributed by atoms with Crippen molar-refractivity contribution in [1.82, 2.24) is 25.1 Å². The molecule has 1 atom stereocenters. The molecule has 2 rings (SSSR count). The number of halogens is 1. The van der Waals surface area contributed by atoms with Crippen molar-refractivity contribution in [3.8, 4) is 0 Å². The second kappa shape index (κ2) is 6.33. The lowest BCUT2D eigenvalue weighted by atomic mass is 10.3. The fourth-order valence-electron chi connectivity index (χ4n) is 1.73. The molecular formula is C12H16FN7O2. The molecule has 22 heavy (non-hydrogen) atoms. The van der Waals surface area contributed by atoms with Crippen LogP contribution in [0.5, 0.6) is 0 Å². The van der Waals surface area contributed by atoms with Crippen LogP contribution in [0.15, 0.2) is 6.20 Å². The number of H-pyrrole nitrogens is 1. The third-order valence-corrected chi connectivity index (χ3v) is 2.75. The second-order valence-corrected chi connectivity index (χ2v) is 4.84. The summed E-state index contributed by atoms with van der Waals surface area (Å²) in [5, 5.41) is 18.1. The van der Waals surface area contributed by atoms with Crippen molar-refractivity contribution >= 4 is 17.7 Å². The van der Waals surface area contributed by atoms with E-state index in [9.17, 15) is 9.18 Å². The smallest absolute Gasteiger partial charge is 0.311 e. The van der Waals surface area contributed by atoms with Crippen molar-refractivity contribution in [3.63, 3.8) is 0 Å². The van der Waals surface area contributed by atoms with E-state index in [1.54, 1.807) is 21.0 Å². The Morgan fingerprint density at radius 1 is 1.50 bits per heavy atom. The fourth-order valence-corrected chi connectivity index (χ4v) is 1.73. The first-order valence-corrected chi connectivity index (χ1v) is 6.46. The van der Waals surface area contributed by atoms with Gasteiger partial charge in [-0.25, -0.2) is 14.4 Å². The first-order valence-electron chi connectivity index (χ1n) is 6.46. The van der Waals surface area contributed by atoms with E-state index in [1.807, 2.05) is 0 Å². The van der Waals surface area contributed by atoms with Crippen molar-refractivity contribution < 1.29 is 14.3 Å². The summed E-state index contributed by atoms with van der Waals surface area (Å²) >= 11 is 0. The Kier molecular flexibility index (Phi) is 4.49. The first kappa shape index (κ1) is 15.6. The van der Waals surface area contributed by atoms with Crippen LogP contribution in [-0.4, -0.2) is 50.3 Å². The Morgan fingerprint density at radius 3 is 2.86 bits per heavy atom. The van der Waals surface area contributed by atoms with Crippen molar-refractivity contribution in [2.24, 2.45) is 0 Å². The van der Waals surface area contributed by atoms with Gasteiger partial charge in [-0.2, -0.15) is 10.1 Å². The highest BCUT2D eigenvalue weighted by Gasteiger charge is 2.16. The molecule has 0 fully saturated rings. The lowest BCUT2D eigenvalue weighted by molar-refractivity contribution is -0.136. The van der Waals surface area contributed by atoms with E-state index in [2.05, 4.69) is 30.5 Å². The van der Waals surface area contributed by atoms with Gasteiger partial charge in [0.25, 0.3) is 0 Å². The number of hydrogen-bond donors (Lipinski definition) is 3. The van der Waals surface area contributed by atoms with Gasteiger partial charge in [0.2, 0.25) is 5.95 Å².